The second-order valence-corrected chi connectivity index (χ2v) is 4.53. The van der Waals surface area contributed by atoms with Crippen LogP contribution in [0.25, 0.3) is 0 Å². The van der Waals surface area contributed by atoms with Crippen LogP contribution in [0, 0.1) is 0 Å². The molecule has 0 aliphatic heterocycles. The summed E-state index contributed by atoms with van der Waals surface area (Å²) in [5, 5.41) is 7.61. The van der Waals surface area contributed by atoms with Gasteiger partial charge in [-0.3, -0.25) is 0 Å². The second-order valence-electron chi connectivity index (χ2n) is 4.53. The molecule has 1 atom stereocenters. The molecule has 0 saturated carbocycles. The summed E-state index contributed by atoms with van der Waals surface area (Å²) in [6.45, 7) is 6.50. The summed E-state index contributed by atoms with van der Waals surface area (Å²) in [4.78, 5) is 4.33. The van der Waals surface area contributed by atoms with Gasteiger partial charge in [0.05, 0.1) is 0 Å². The minimum atomic E-state index is 0.400. The van der Waals surface area contributed by atoms with E-state index in [1.165, 1.54) is 12.8 Å². The lowest BCUT2D eigenvalue weighted by atomic mass is 10.1. The molecular weight excluding hydrogens is 200 g/mol. The molecule has 92 valence electrons. The van der Waals surface area contributed by atoms with Gasteiger partial charge in [-0.25, -0.2) is 9.67 Å². The van der Waals surface area contributed by atoms with Crippen LogP contribution in [0.1, 0.15) is 51.9 Å². The molecule has 1 heterocycles. The molecule has 0 aliphatic carbocycles. The molecule has 1 aromatic rings. The van der Waals surface area contributed by atoms with E-state index in [2.05, 4.69) is 36.2 Å². The van der Waals surface area contributed by atoms with Crippen molar-refractivity contribution in [2.75, 3.05) is 7.05 Å². The Balaban J connectivity index is 2.49. The Morgan fingerprint density at radius 2 is 2.12 bits per heavy atom. The molecule has 16 heavy (non-hydrogen) atoms. The number of hydrogen-bond donors (Lipinski definition) is 1. The Morgan fingerprint density at radius 3 is 2.69 bits per heavy atom. The third kappa shape index (κ3) is 3.59. The van der Waals surface area contributed by atoms with E-state index in [9.17, 15) is 0 Å². The van der Waals surface area contributed by atoms with Crippen molar-refractivity contribution in [3.05, 3.63) is 12.2 Å². The molecule has 1 aromatic heterocycles. The van der Waals surface area contributed by atoms with E-state index < -0.39 is 0 Å². The molecule has 0 aromatic carbocycles. The Labute approximate surface area is 98.5 Å². The zero-order chi connectivity index (χ0) is 12.0. The fraction of sp³-hybridized carbons (Fsp3) is 0.833. The minimum absolute atomic E-state index is 0.400. The highest BCUT2D eigenvalue weighted by molar-refractivity contribution is 4.88. The van der Waals surface area contributed by atoms with Crippen LogP contribution >= 0.6 is 0 Å². The molecule has 4 heteroatoms. The van der Waals surface area contributed by atoms with Crippen LogP contribution in [0.3, 0.4) is 0 Å². The number of aryl methyl sites for hydroxylation is 1. The maximum absolute atomic E-state index is 4.33. The van der Waals surface area contributed by atoms with E-state index in [0.717, 1.165) is 18.7 Å². The standard InChI is InChI=1S/C12H24N4/c1-5-6-11(13-4)7-8-12-14-9-15-16(12)10(2)3/h9-11,13H,5-8H2,1-4H3. The van der Waals surface area contributed by atoms with Gasteiger partial charge in [0.15, 0.2) is 0 Å². The average Bonchev–Trinajstić information content (AvgIpc) is 2.72. The van der Waals surface area contributed by atoms with Crippen molar-refractivity contribution in [3.63, 3.8) is 0 Å². The van der Waals surface area contributed by atoms with Gasteiger partial charge in [-0.1, -0.05) is 13.3 Å². The summed E-state index contributed by atoms with van der Waals surface area (Å²) in [5.74, 6) is 1.10. The summed E-state index contributed by atoms with van der Waals surface area (Å²) < 4.78 is 2.01. The number of aromatic nitrogens is 3. The molecule has 0 aliphatic rings. The lowest BCUT2D eigenvalue weighted by Crippen LogP contribution is -2.26. The van der Waals surface area contributed by atoms with Crippen molar-refractivity contribution in [2.45, 2.75) is 58.5 Å². The number of nitrogens with zero attached hydrogens (tertiary/aromatic N) is 3. The van der Waals surface area contributed by atoms with Gasteiger partial charge >= 0.3 is 0 Å². The molecule has 1 unspecified atom stereocenters. The Bertz CT molecular complexity index is 293. The number of rotatable bonds is 7. The summed E-state index contributed by atoms with van der Waals surface area (Å²) in [6, 6.07) is 0.999. The first-order chi connectivity index (χ1) is 7.69. The highest BCUT2D eigenvalue weighted by Crippen LogP contribution is 2.10. The van der Waals surface area contributed by atoms with Gasteiger partial charge in [-0.05, 0) is 33.7 Å². The first-order valence-corrected chi connectivity index (χ1v) is 6.24. The lowest BCUT2D eigenvalue weighted by Gasteiger charge is -2.15. The van der Waals surface area contributed by atoms with Crippen LogP contribution in [0.2, 0.25) is 0 Å². The van der Waals surface area contributed by atoms with Crippen molar-refractivity contribution in [1.82, 2.24) is 20.1 Å². The Morgan fingerprint density at radius 1 is 1.38 bits per heavy atom. The predicted octanol–water partition coefficient (Wildman–Crippen LogP) is 2.18. The molecule has 0 radical (unpaired) electrons. The monoisotopic (exact) mass is 224 g/mol. The van der Waals surface area contributed by atoms with Crippen LogP contribution in [-0.2, 0) is 6.42 Å². The van der Waals surface area contributed by atoms with Gasteiger partial charge in [0.2, 0.25) is 0 Å². The van der Waals surface area contributed by atoms with E-state index in [-0.39, 0.29) is 0 Å². The average molecular weight is 224 g/mol. The topological polar surface area (TPSA) is 42.7 Å². The molecule has 4 nitrogen and oxygen atoms in total. The highest BCUT2D eigenvalue weighted by atomic mass is 15.3. The van der Waals surface area contributed by atoms with Gasteiger partial charge in [0.1, 0.15) is 12.2 Å². The SMILES string of the molecule is CCCC(CCc1ncnn1C(C)C)NC. The van der Waals surface area contributed by atoms with Crippen molar-refractivity contribution in [3.8, 4) is 0 Å². The van der Waals surface area contributed by atoms with E-state index in [4.69, 9.17) is 0 Å². The van der Waals surface area contributed by atoms with Crippen LogP contribution in [0.5, 0.6) is 0 Å². The van der Waals surface area contributed by atoms with Gasteiger partial charge < -0.3 is 5.32 Å². The largest absolute Gasteiger partial charge is 0.317 e. The van der Waals surface area contributed by atoms with Crippen LogP contribution in [0.15, 0.2) is 6.33 Å². The van der Waals surface area contributed by atoms with Crippen molar-refractivity contribution >= 4 is 0 Å². The summed E-state index contributed by atoms with van der Waals surface area (Å²) >= 11 is 0. The smallest absolute Gasteiger partial charge is 0.138 e. The van der Waals surface area contributed by atoms with Gasteiger partial charge in [-0.2, -0.15) is 5.10 Å². The zero-order valence-corrected chi connectivity index (χ0v) is 10.9. The number of nitrogens with one attached hydrogen (secondary N) is 1. The first-order valence-electron chi connectivity index (χ1n) is 6.24. The quantitative estimate of drug-likeness (QED) is 0.772. The fourth-order valence-electron chi connectivity index (χ4n) is 1.97. The third-order valence-corrected chi connectivity index (χ3v) is 2.90. The summed E-state index contributed by atoms with van der Waals surface area (Å²) in [6.07, 6.45) is 6.25. The van der Waals surface area contributed by atoms with Crippen molar-refractivity contribution in [2.24, 2.45) is 0 Å². The van der Waals surface area contributed by atoms with Crippen molar-refractivity contribution < 1.29 is 0 Å². The van der Waals surface area contributed by atoms with E-state index in [1.54, 1.807) is 6.33 Å². The highest BCUT2D eigenvalue weighted by Gasteiger charge is 2.10. The first kappa shape index (κ1) is 13.2. The fourth-order valence-corrected chi connectivity index (χ4v) is 1.97. The summed E-state index contributed by atoms with van der Waals surface area (Å²) in [7, 11) is 2.04. The van der Waals surface area contributed by atoms with E-state index in [1.807, 2.05) is 11.7 Å². The molecule has 0 amide bonds. The molecule has 0 spiro atoms. The van der Waals surface area contributed by atoms with E-state index in [0.29, 0.717) is 12.1 Å². The maximum atomic E-state index is 4.33. The summed E-state index contributed by atoms with van der Waals surface area (Å²) in [5.41, 5.74) is 0. The van der Waals surface area contributed by atoms with Gasteiger partial charge in [0.25, 0.3) is 0 Å². The van der Waals surface area contributed by atoms with Gasteiger partial charge in [0, 0.05) is 18.5 Å². The van der Waals surface area contributed by atoms with Crippen LogP contribution < -0.4 is 5.32 Å². The molecule has 1 rings (SSSR count). The molecule has 1 N–H and O–H groups in total. The Hall–Kier alpha value is -0.900. The normalized spacial score (nSPS) is 13.3. The van der Waals surface area contributed by atoms with E-state index >= 15 is 0 Å². The van der Waals surface area contributed by atoms with Crippen molar-refractivity contribution in [1.29, 1.82) is 0 Å². The maximum Gasteiger partial charge on any atom is 0.138 e. The van der Waals surface area contributed by atoms with Gasteiger partial charge in [-0.15, -0.1) is 0 Å². The zero-order valence-electron chi connectivity index (χ0n) is 10.9. The Kier molecular flexibility index (Phi) is 5.46. The molecule has 0 saturated heterocycles. The number of hydrogen-bond acceptors (Lipinski definition) is 3. The minimum Gasteiger partial charge on any atom is -0.317 e. The molecule has 0 bridgehead atoms. The predicted molar refractivity (Wildman–Crippen MR) is 66.5 cm³/mol. The molecular formula is C12H24N4. The van der Waals surface area contributed by atoms with Crippen LogP contribution in [-0.4, -0.2) is 27.9 Å². The van der Waals surface area contributed by atoms with Crippen LogP contribution in [0.4, 0.5) is 0 Å². The lowest BCUT2D eigenvalue weighted by molar-refractivity contribution is 0.454. The third-order valence-electron chi connectivity index (χ3n) is 2.90. The molecule has 0 fully saturated rings. The second kappa shape index (κ2) is 6.63.